The number of nitrogens with zero attached hydrogens (tertiary/aromatic N) is 2. The predicted molar refractivity (Wildman–Crippen MR) is 106 cm³/mol. The van der Waals surface area contributed by atoms with Crippen LogP contribution in [0.15, 0.2) is 48.5 Å². The third-order valence-corrected chi connectivity index (χ3v) is 7.03. The highest BCUT2D eigenvalue weighted by Crippen LogP contribution is 2.52. The lowest BCUT2D eigenvalue weighted by Crippen LogP contribution is -2.32. The van der Waals surface area contributed by atoms with Gasteiger partial charge >= 0.3 is 0 Å². The number of rotatable bonds is 3. The van der Waals surface area contributed by atoms with E-state index in [1.165, 1.54) is 4.70 Å². The van der Waals surface area contributed by atoms with Crippen LogP contribution in [0.2, 0.25) is 5.02 Å². The Labute approximate surface area is 161 Å². The number of halogens is 1. The van der Waals surface area contributed by atoms with Gasteiger partial charge < -0.3 is 4.90 Å². The fourth-order valence-electron chi connectivity index (χ4n) is 4.12. The quantitative estimate of drug-likeness (QED) is 0.606. The zero-order valence-electron chi connectivity index (χ0n) is 14.3. The zero-order valence-corrected chi connectivity index (χ0v) is 15.8. The maximum atomic E-state index is 13.2. The number of benzene rings is 2. The van der Waals surface area contributed by atoms with Crippen LogP contribution in [0.1, 0.15) is 41.8 Å². The molecule has 3 aromatic rings. The van der Waals surface area contributed by atoms with Gasteiger partial charge in [0.2, 0.25) is 5.91 Å². The van der Waals surface area contributed by atoms with E-state index in [0.717, 1.165) is 46.9 Å². The van der Waals surface area contributed by atoms with E-state index < -0.39 is 0 Å². The number of thiazole rings is 1. The summed E-state index contributed by atoms with van der Waals surface area (Å²) in [6, 6.07) is 16.2. The first-order valence-electron chi connectivity index (χ1n) is 9.13. The molecule has 5 rings (SSSR count). The Morgan fingerprint density at radius 2 is 1.96 bits per heavy atom. The lowest BCUT2D eigenvalue weighted by Gasteiger charge is -2.23. The zero-order chi connectivity index (χ0) is 17.7. The van der Waals surface area contributed by atoms with Crippen molar-refractivity contribution in [2.45, 2.75) is 31.2 Å². The van der Waals surface area contributed by atoms with Crippen molar-refractivity contribution in [1.82, 2.24) is 9.88 Å². The number of fused-ring (bicyclic) bond motifs is 1. The Balaban J connectivity index is 1.38. The van der Waals surface area contributed by atoms with Crippen molar-refractivity contribution < 1.29 is 4.79 Å². The van der Waals surface area contributed by atoms with Crippen LogP contribution < -0.4 is 0 Å². The van der Waals surface area contributed by atoms with Gasteiger partial charge in [-0.2, -0.15) is 0 Å². The van der Waals surface area contributed by atoms with E-state index in [1.807, 2.05) is 36.4 Å². The lowest BCUT2D eigenvalue weighted by molar-refractivity contribution is -0.133. The molecule has 3 unspecified atom stereocenters. The molecule has 1 aliphatic carbocycles. The smallest absolute Gasteiger partial charge is 0.226 e. The molecule has 1 saturated carbocycles. The van der Waals surface area contributed by atoms with Crippen molar-refractivity contribution >= 4 is 39.1 Å². The van der Waals surface area contributed by atoms with Crippen molar-refractivity contribution in [3.63, 3.8) is 0 Å². The highest BCUT2D eigenvalue weighted by atomic mass is 35.5. The van der Waals surface area contributed by atoms with Crippen LogP contribution in [0, 0.1) is 5.92 Å². The third kappa shape index (κ3) is 2.72. The highest BCUT2D eigenvalue weighted by Gasteiger charge is 2.48. The Kier molecular flexibility index (Phi) is 3.98. The maximum Gasteiger partial charge on any atom is 0.226 e. The molecule has 2 aliphatic rings. The highest BCUT2D eigenvalue weighted by molar-refractivity contribution is 7.18. The molecule has 1 aromatic heterocycles. The number of aromatic nitrogens is 1. The minimum atomic E-state index is 0.0740. The molecule has 1 amide bonds. The number of carbonyl (C=O) groups is 1. The summed E-state index contributed by atoms with van der Waals surface area (Å²) in [4.78, 5) is 20.0. The molecule has 5 heteroatoms. The average Bonchev–Trinajstić information content (AvgIpc) is 3.10. The van der Waals surface area contributed by atoms with E-state index >= 15 is 0 Å². The molecule has 0 bridgehead atoms. The summed E-state index contributed by atoms with van der Waals surface area (Å²) in [7, 11) is 0. The standard InChI is InChI=1S/C21H19ClN2OS/c22-16-7-2-1-6-13(16)14-12-15(14)21(25)24-11-5-9-18(24)20-23-17-8-3-4-10-19(17)26-20/h1-4,6-8,10,14-15,18H,5,9,11-12H2. The predicted octanol–water partition coefficient (Wildman–Crippen LogP) is 5.42. The van der Waals surface area contributed by atoms with E-state index in [2.05, 4.69) is 17.0 Å². The van der Waals surface area contributed by atoms with Crippen molar-refractivity contribution in [2.75, 3.05) is 6.54 Å². The van der Waals surface area contributed by atoms with Gasteiger partial charge in [0, 0.05) is 17.5 Å². The fourth-order valence-corrected chi connectivity index (χ4v) is 5.51. The Morgan fingerprint density at radius 1 is 1.15 bits per heavy atom. The SMILES string of the molecule is O=C(C1CC1c1ccccc1Cl)N1CCCC1c1nc2ccccc2s1. The Bertz CT molecular complexity index is 952. The Hall–Kier alpha value is -1.91. The molecule has 0 N–H and O–H groups in total. The molecular formula is C21H19ClN2OS. The molecular weight excluding hydrogens is 364 g/mol. The maximum absolute atomic E-state index is 13.2. The van der Waals surface area contributed by atoms with Crippen molar-refractivity contribution in [1.29, 1.82) is 0 Å². The van der Waals surface area contributed by atoms with Crippen LogP contribution in [0.25, 0.3) is 10.2 Å². The number of carbonyl (C=O) groups excluding carboxylic acids is 1. The normalized spacial score (nSPS) is 25.0. The second kappa shape index (κ2) is 6.36. The largest absolute Gasteiger partial charge is 0.333 e. The van der Waals surface area contributed by atoms with Gasteiger partial charge in [0.1, 0.15) is 5.01 Å². The van der Waals surface area contributed by atoms with Gasteiger partial charge in [0.25, 0.3) is 0 Å². The molecule has 0 spiro atoms. The molecule has 132 valence electrons. The van der Waals surface area contributed by atoms with Gasteiger partial charge in [-0.3, -0.25) is 4.79 Å². The summed E-state index contributed by atoms with van der Waals surface area (Å²) in [6.07, 6.45) is 2.97. The first-order chi connectivity index (χ1) is 12.7. The summed E-state index contributed by atoms with van der Waals surface area (Å²) >= 11 is 8.05. The molecule has 3 atom stereocenters. The molecule has 1 aliphatic heterocycles. The fraction of sp³-hybridized carbons (Fsp3) is 0.333. The van der Waals surface area contributed by atoms with E-state index in [-0.39, 0.29) is 23.8 Å². The summed E-state index contributed by atoms with van der Waals surface area (Å²) in [5, 5.41) is 1.85. The van der Waals surface area contributed by atoms with Gasteiger partial charge in [-0.1, -0.05) is 41.9 Å². The monoisotopic (exact) mass is 382 g/mol. The van der Waals surface area contributed by atoms with Gasteiger partial charge in [-0.25, -0.2) is 4.98 Å². The summed E-state index contributed by atoms with van der Waals surface area (Å²) in [5.74, 6) is 0.620. The van der Waals surface area contributed by atoms with Gasteiger partial charge in [0.15, 0.2) is 0 Å². The number of likely N-dealkylation sites (tertiary alicyclic amines) is 1. The molecule has 2 fully saturated rings. The first kappa shape index (κ1) is 16.3. The van der Waals surface area contributed by atoms with Crippen LogP contribution >= 0.6 is 22.9 Å². The first-order valence-corrected chi connectivity index (χ1v) is 10.3. The van der Waals surface area contributed by atoms with Crippen LogP contribution in [0.5, 0.6) is 0 Å². The average molecular weight is 383 g/mol. The van der Waals surface area contributed by atoms with E-state index in [1.54, 1.807) is 11.3 Å². The number of hydrogen-bond donors (Lipinski definition) is 0. The van der Waals surface area contributed by atoms with Crippen LogP contribution in [-0.4, -0.2) is 22.3 Å². The van der Waals surface area contributed by atoms with E-state index in [4.69, 9.17) is 16.6 Å². The van der Waals surface area contributed by atoms with Crippen molar-refractivity contribution in [3.05, 3.63) is 64.1 Å². The van der Waals surface area contributed by atoms with Crippen molar-refractivity contribution in [2.24, 2.45) is 5.92 Å². The third-order valence-electron chi connectivity index (χ3n) is 5.54. The van der Waals surface area contributed by atoms with Gasteiger partial charge in [-0.15, -0.1) is 11.3 Å². The molecule has 2 aromatic carbocycles. The second-order valence-electron chi connectivity index (χ2n) is 7.18. The second-order valence-corrected chi connectivity index (χ2v) is 8.65. The molecule has 26 heavy (non-hydrogen) atoms. The van der Waals surface area contributed by atoms with Crippen molar-refractivity contribution in [3.8, 4) is 0 Å². The topological polar surface area (TPSA) is 33.2 Å². The number of para-hydroxylation sites is 1. The molecule has 2 heterocycles. The van der Waals surface area contributed by atoms with Crippen LogP contribution in [0.4, 0.5) is 0 Å². The minimum Gasteiger partial charge on any atom is -0.333 e. The molecule has 0 radical (unpaired) electrons. The van der Waals surface area contributed by atoms with Gasteiger partial charge in [0.05, 0.1) is 16.3 Å². The lowest BCUT2D eigenvalue weighted by atomic mass is 10.1. The van der Waals surface area contributed by atoms with Crippen LogP contribution in [-0.2, 0) is 4.79 Å². The number of amides is 1. The summed E-state index contributed by atoms with van der Waals surface area (Å²) in [5.41, 5.74) is 2.15. The Morgan fingerprint density at radius 3 is 2.81 bits per heavy atom. The van der Waals surface area contributed by atoms with E-state index in [0.29, 0.717) is 0 Å². The summed E-state index contributed by atoms with van der Waals surface area (Å²) < 4.78 is 1.20. The molecule has 3 nitrogen and oxygen atoms in total. The van der Waals surface area contributed by atoms with E-state index in [9.17, 15) is 4.79 Å². The summed E-state index contributed by atoms with van der Waals surface area (Å²) in [6.45, 7) is 0.838. The van der Waals surface area contributed by atoms with Crippen LogP contribution in [0.3, 0.4) is 0 Å². The molecule has 1 saturated heterocycles. The number of hydrogen-bond acceptors (Lipinski definition) is 3. The minimum absolute atomic E-state index is 0.0740. The van der Waals surface area contributed by atoms with Gasteiger partial charge in [-0.05, 0) is 48.9 Å².